The number of rotatable bonds is 12. The molecule has 4 heteroatoms. The first-order valence-corrected chi connectivity index (χ1v) is 11.4. The number of aliphatic hydroxyl groups is 2. The summed E-state index contributed by atoms with van der Waals surface area (Å²) in [7, 11) is 1.69. The summed E-state index contributed by atoms with van der Waals surface area (Å²) in [5, 5.41) is 23.5. The van der Waals surface area contributed by atoms with E-state index in [1.54, 1.807) is 7.05 Å². The zero-order valence-corrected chi connectivity index (χ0v) is 18.1. The van der Waals surface area contributed by atoms with Gasteiger partial charge in [0.05, 0.1) is 12.2 Å². The van der Waals surface area contributed by atoms with Crippen molar-refractivity contribution in [3.63, 3.8) is 0 Å². The van der Waals surface area contributed by atoms with Crippen LogP contribution < -0.4 is 5.32 Å². The average molecular weight is 392 g/mol. The SMILES string of the molecule is CCCC[C@H](C)C[C@H](O)/C=C/[C@@H]1[C@H]2CC(CCCCC(=O)NC)=C[C@H]2C[C@H]1O. The van der Waals surface area contributed by atoms with Crippen LogP contribution in [-0.4, -0.2) is 35.4 Å². The summed E-state index contributed by atoms with van der Waals surface area (Å²) in [4.78, 5) is 11.3. The summed E-state index contributed by atoms with van der Waals surface area (Å²) >= 11 is 0. The van der Waals surface area contributed by atoms with Crippen molar-refractivity contribution in [1.29, 1.82) is 0 Å². The molecule has 0 aromatic carbocycles. The highest BCUT2D eigenvalue weighted by Gasteiger charge is 2.43. The Labute approximate surface area is 171 Å². The molecule has 0 heterocycles. The second-order valence-electron chi connectivity index (χ2n) is 9.05. The molecule has 0 spiro atoms. The maximum absolute atomic E-state index is 11.3. The number of carbonyl (C=O) groups excluding carboxylic acids is 1. The van der Waals surface area contributed by atoms with E-state index < -0.39 is 6.10 Å². The van der Waals surface area contributed by atoms with Crippen molar-refractivity contribution in [2.24, 2.45) is 23.7 Å². The van der Waals surface area contributed by atoms with E-state index in [0.29, 0.717) is 24.2 Å². The topological polar surface area (TPSA) is 69.6 Å². The molecule has 0 aliphatic heterocycles. The van der Waals surface area contributed by atoms with Gasteiger partial charge in [0.1, 0.15) is 0 Å². The van der Waals surface area contributed by atoms with E-state index in [2.05, 4.69) is 31.3 Å². The van der Waals surface area contributed by atoms with Crippen LogP contribution in [0.5, 0.6) is 0 Å². The number of amides is 1. The van der Waals surface area contributed by atoms with Crippen LogP contribution in [0.1, 0.15) is 78.1 Å². The van der Waals surface area contributed by atoms with Gasteiger partial charge >= 0.3 is 0 Å². The van der Waals surface area contributed by atoms with Gasteiger partial charge in [-0.2, -0.15) is 0 Å². The van der Waals surface area contributed by atoms with Gasteiger partial charge in [-0.3, -0.25) is 4.79 Å². The van der Waals surface area contributed by atoms with Gasteiger partial charge in [-0.15, -0.1) is 0 Å². The van der Waals surface area contributed by atoms with Crippen LogP contribution in [0.15, 0.2) is 23.8 Å². The standard InChI is InChI=1S/C24H41NO3/c1-4-5-8-17(2)13-20(26)11-12-21-22-15-18(14-19(22)16-23(21)27)9-6-7-10-24(28)25-3/h11-12,14,17,19-23,26-27H,4-10,13,15-16H2,1-3H3,(H,25,28)/b12-11+/t17-,19-,20+,21+,22-,23+/m0/s1. The van der Waals surface area contributed by atoms with Crippen molar-refractivity contribution in [2.75, 3.05) is 7.05 Å². The number of aliphatic hydroxyl groups excluding tert-OH is 2. The predicted molar refractivity (Wildman–Crippen MR) is 115 cm³/mol. The van der Waals surface area contributed by atoms with Crippen LogP contribution in [0.25, 0.3) is 0 Å². The number of nitrogens with one attached hydrogen (secondary N) is 1. The smallest absolute Gasteiger partial charge is 0.219 e. The van der Waals surface area contributed by atoms with Gasteiger partial charge in [0.15, 0.2) is 0 Å². The Hall–Kier alpha value is -1.13. The van der Waals surface area contributed by atoms with Crippen molar-refractivity contribution in [3.05, 3.63) is 23.8 Å². The summed E-state index contributed by atoms with van der Waals surface area (Å²) in [6.07, 6.45) is 15.7. The third-order valence-corrected chi connectivity index (χ3v) is 6.63. The molecule has 0 radical (unpaired) electrons. The van der Waals surface area contributed by atoms with E-state index in [0.717, 1.165) is 38.5 Å². The van der Waals surface area contributed by atoms with Crippen molar-refractivity contribution in [3.8, 4) is 0 Å². The lowest BCUT2D eigenvalue weighted by Crippen LogP contribution is -2.18. The van der Waals surface area contributed by atoms with E-state index in [1.165, 1.54) is 24.8 Å². The first-order chi connectivity index (χ1) is 13.4. The van der Waals surface area contributed by atoms with Crippen LogP contribution in [0.3, 0.4) is 0 Å². The van der Waals surface area contributed by atoms with Crippen LogP contribution in [-0.2, 0) is 4.79 Å². The highest BCUT2D eigenvalue weighted by Crippen LogP contribution is 2.48. The van der Waals surface area contributed by atoms with E-state index >= 15 is 0 Å². The molecule has 1 fully saturated rings. The summed E-state index contributed by atoms with van der Waals surface area (Å²) in [5.74, 6) is 1.76. The maximum atomic E-state index is 11.3. The molecular weight excluding hydrogens is 350 g/mol. The second-order valence-corrected chi connectivity index (χ2v) is 9.05. The summed E-state index contributed by atoms with van der Waals surface area (Å²) in [6, 6.07) is 0. The highest BCUT2D eigenvalue weighted by molar-refractivity contribution is 5.75. The minimum Gasteiger partial charge on any atom is -0.392 e. The van der Waals surface area contributed by atoms with Gasteiger partial charge in [0, 0.05) is 19.4 Å². The van der Waals surface area contributed by atoms with Gasteiger partial charge in [0.25, 0.3) is 0 Å². The molecule has 160 valence electrons. The lowest BCUT2D eigenvalue weighted by Gasteiger charge is -2.19. The van der Waals surface area contributed by atoms with Gasteiger partial charge in [0.2, 0.25) is 5.91 Å². The van der Waals surface area contributed by atoms with Crippen LogP contribution in [0.4, 0.5) is 0 Å². The summed E-state index contributed by atoms with van der Waals surface area (Å²) in [6.45, 7) is 4.41. The number of unbranched alkanes of at least 4 members (excludes halogenated alkanes) is 2. The van der Waals surface area contributed by atoms with Crippen molar-refractivity contribution in [1.82, 2.24) is 5.32 Å². The van der Waals surface area contributed by atoms with E-state index in [4.69, 9.17) is 0 Å². The number of allylic oxidation sites excluding steroid dienone is 2. The molecule has 3 N–H and O–H groups in total. The third kappa shape index (κ3) is 7.04. The fourth-order valence-corrected chi connectivity index (χ4v) is 4.97. The number of hydrogen-bond acceptors (Lipinski definition) is 3. The van der Waals surface area contributed by atoms with E-state index in [9.17, 15) is 15.0 Å². The Bertz CT molecular complexity index is 542. The van der Waals surface area contributed by atoms with Crippen LogP contribution >= 0.6 is 0 Å². The van der Waals surface area contributed by atoms with Crippen molar-refractivity contribution in [2.45, 2.75) is 90.3 Å². The first kappa shape index (κ1) is 23.2. The Morgan fingerprint density at radius 2 is 2.14 bits per heavy atom. The monoisotopic (exact) mass is 391 g/mol. The van der Waals surface area contributed by atoms with E-state index in [1.807, 2.05) is 6.08 Å². The second kappa shape index (κ2) is 11.8. The fraction of sp³-hybridized carbons (Fsp3) is 0.792. The molecule has 0 unspecified atom stereocenters. The molecule has 4 nitrogen and oxygen atoms in total. The molecule has 2 rings (SSSR count). The predicted octanol–water partition coefficient (Wildman–Crippen LogP) is 4.37. The molecule has 28 heavy (non-hydrogen) atoms. The first-order valence-electron chi connectivity index (χ1n) is 11.4. The van der Waals surface area contributed by atoms with Crippen molar-refractivity contribution < 1.29 is 15.0 Å². The van der Waals surface area contributed by atoms with Gasteiger partial charge < -0.3 is 15.5 Å². The minimum absolute atomic E-state index is 0.119. The Morgan fingerprint density at radius 1 is 1.36 bits per heavy atom. The van der Waals surface area contributed by atoms with Crippen LogP contribution in [0, 0.1) is 23.7 Å². The fourth-order valence-electron chi connectivity index (χ4n) is 4.97. The third-order valence-electron chi connectivity index (χ3n) is 6.63. The summed E-state index contributed by atoms with van der Waals surface area (Å²) < 4.78 is 0. The lowest BCUT2D eigenvalue weighted by molar-refractivity contribution is -0.120. The Kier molecular flexibility index (Phi) is 9.73. The molecule has 2 aliphatic carbocycles. The quantitative estimate of drug-likeness (QED) is 0.342. The zero-order valence-electron chi connectivity index (χ0n) is 18.1. The molecule has 6 atom stereocenters. The van der Waals surface area contributed by atoms with Crippen LogP contribution in [0.2, 0.25) is 0 Å². The highest BCUT2D eigenvalue weighted by atomic mass is 16.3. The van der Waals surface area contributed by atoms with Gasteiger partial charge in [-0.1, -0.05) is 56.9 Å². The number of hydrogen-bond donors (Lipinski definition) is 3. The molecule has 2 aliphatic rings. The average Bonchev–Trinajstić information content (AvgIpc) is 3.18. The molecular formula is C24H41NO3. The maximum Gasteiger partial charge on any atom is 0.219 e. The van der Waals surface area contributed by atoms with Gasteiger partial charge in [-0.05, 0) is 56.3 Å². The Balaban J connectivity index is 1.77. The Morgan fingerprint density at radius 3 is 2.86 bits per heavy atom. The largest absolute Gasteiger partial charge is 0.392 e. The minimum atomic E-state index is -0.406. The molecule has 0 saturated heterocycles. The molecule has 1 amide bonds. The zero-order chi connectivity index (χ0) is 20.5. The molecule has 0 aromatic heterocycles. The summed E-state index contributed by atoms with van der Waals surface area (Å²) in [5.41, 5.74) is 1.49. The molecule has 0 bridgehead atoms. The normalized spacial score (nSPS) is 29.0. The van der Waals surface area contributed by atoms with Gasteiger partial charge in [-0.25, -0.2) is 0 Å². The number of carbonyl (C=O) groups is 1. The molecule has 1 saturated carbocycles. The van der Waals surface area contributed by atoms with Crippen molar-refractivity contribution >= 4 is 5.91 Å². The van der Waals surface area contributed by atoms with E-state index in [-0.39, 0.29) is 17.9 Å². The lowest BCUT2D eigenvalue weighted by atomic mass is 9.88. The number of fused-ring (bicyclic) bond motifs is 1. The molecule has 0 aromatic rings.